The van der Waals surface area contributed by atoms with Crippen molar-refractivity contribution < 1.29 is 15.1 Å². The second-order valence-corrected chi connectivity index (χ2v) is 4.58. The third-order valence-corrected chi connectivity index (χ3v) is 3.37. The number of hydrogen-bond acceptors (Lipinski definition) is 4. The molecule has 2 aromatic carbocycles. The Bertz CT molecular complexity index is 793. The van der Waals surface area contributed by atoms with Gasteiger partial charge in [0.05, 0.1) is 16.1 Å². The summed E-state index contributed by atoms with van der Waals surface area (Å²) in [5.41, 5.74) is 2.59. The van der Waals surface area contributed by atoms with Crippen LogP contribution in [0.4, 0.5) is 5.69 Å². The molecule has 1 aromatic heterocycles. The molecule has 21 heavy (non-hydrogen) atoms. The number of nitro groups is 1. The Labute approximate surface area is 119 Å². The lowest BCUT2D eigenvalue weighted by Gasteiger charge is -2.08. The Morgan fingerprint density at radius 1 is 1.14 bits per heavy atom. The van der Waals surface area contributed by atoms with E-state index in [4.69, 9.17) is 5.26 Å². The lowest BCUT2D eigenvalue weighted by Crippen LogP contribution is -2.01. The van der Waals surface area contributed by atoms with Crippen LogP contribution >= 0.6 is 0 Å². The Morgan fingerprint density at radius 3 is 2.52 bits per heavy atom. The highest BCUT2D eigenvalue weighted by atomic mass is 17.1. The highest BCUT2D eigenvalue weighted by Crippen LogP contribution is 2.29. The molecular weight excluding hydrogens is 272 g/mol. The van der Waals surface area contributed by atoms with Gasteiger partial charge in [-0.1, -0.05) is 18.2 Å². The van der Waals surface area contributed by atoms with Crippen LogP contribution in [0, 0.1) is 10.1 Å². The molecule has 3 aromatic rings. The molecule has 0 atom stereocenters. The smallest absolute Gasteiger partial charge is 0.269 e. The highest BCUT2D eigenvalue weighted by Gasteiger charge is 2.12. The first-order valence-electron chi connectivity index (χ1n) is 6.30. The quantitative estimate of drug-likeness (QED) is 0.450. The van der Waals surface area contributed by atoms with E-state index in [1.165, 1.54) is 12.1 Å². The molecule has 0 aliphatic carbocycles. The number of benzene rings is 2. The van der Waals surface area contributed by atoms with Crippen LogP contribution in [0.1, 0.15) is 0 Å². The molecule has 0 radical (unpaired) electrons. The van der Waals surface area contributed by atoms with E-state index < -0.39 is 4.92 Å². The number of hydrogen-bond donors (Lipinski definition) is 1. The number of rotatable bonds is 4. The first-order valence-corrected chi connectivity index (χ1v) is 6.30. The molecule has 0 spiro atoms. The van der Waals surface area contributed by atoms with Gasteiger partial charge in [0.25, 0.3) is 5.69 Å². The monoisotopic (exact) mass is 284 g/mol. The minimum Gasteiger partial charge on any atom is -0.314 e. The lowest BCUT2D eigenvalue weighted by atomic mass is 10.1. The van der Waals surface area contributed by atoms with Crippen LogP contribution in [0.25, 0.3) is 22.2 Å². The van der Waals surface area contributed by atoms with Gasteiger partial charge < -0.3 is 4.57 Å². The molecule has 0 bridgehead atoms. The number of aromatic nitrogens is 1. The standard InChI is InChI=1S/C15H12N2O4/c18-17(19)13-7-5-11(6-8-13)15-9-12-3-1-2-4-14(12)16(15)10-21-20/h1-9,20H,10H2. The SMILES string of the molecule is O=[N+]([O-])c1ccc(-c2cc3ccccc3n2COO)cc1. The molecule has 0 saturated heterocycles. The van der Waals surface area contributed by atoms with Gasteiger partial charge in [-0.3, -0.25) is 10.1 Å². The Hall–Kier alpha value is -2.70. The summed E-state index contributed by atoms with van der Waals surface area (Å²) in [5.74, 6) is 0. The summed E-state index contributed by atoms with van der Waals surface area (Å²) in [5, 5.41) is 20.5. The maximum absolute atomic E-state index is 10.7. The average molecular weight is 284 g/mol. The van der Waals surface area contributed by atoms with Crippen LogP contribution in [0.15, 0.2) is 54.6 Å². The van der Waals surface area contributed by atoms with Gasteiger partial charge in [0.2, 0.25) is 0 Å². The van der Waals surface area contributed by atoms with Crippen LogP contribution in [0.5, 0.6) is 0 Å². The van der Waals surface area contributed by atoms with E-state index >= 15 is 0 Å². The molecule has 0 aliphatic rings. The van der Waals surface area contributed by atoms with Crippen molar-refractivity contribution in [3.63, 3.8) is 0 Å². The second kappa shape index (κ2) is 5.35. The van der Waals surface area contributed by atoms with Gasteiger partial charge in [0.15, 0.2) is 6.73 Å². The van der Waals surface area contributed by atoms with E-state index in [-0.39, 0.29) is 12.4 Å². The summed E-state index contributed by atoms with van der Waals surface area (Å²) in [7, 11) is 0. The number of non-ortho nitro benzene ring substituents is 1. The summed E-state index contributed by atoms with van der Waals surface area (Å²) in [6.07, 6.45) is 0. The Morgan fingerprint density at radius 2 is 1.86 bits per heavy atom. The van der Waals surface area contributed by atoms with Gasteiger partial charge in [-0.25, -0.2) is 10.1 Å². The molecule has 6 heteroatoms. The van der Waals surface area contributed by atoms with E-state index in [1.807, 2.05) is 30.3 Å². The molecule has 1 heterocycles. The zero-order valence-corrected chi connectivity index (χ0v) is 11.0. The largest absolute Gasteiger partial charge is 0.314 e. The Kier molecular flexibility index (Phi) is 3.39. The fourth-order valence-corrected chi connectivity index (χ4v) is 2.40. The molecule has 0 saturated carbocycles. The van der Waals surface area contributed by atoms with Crippen molar-refractivity contribution in [2.24, 2.45) is 0 Å². The Balaban J connectivity index is 2.14. The molecule has 0 amide bonds. The molecule has 0 fully saturated rings. The molecule has 0 unspecified atom stereocenters. The van der Waals surface area contributed by atoms with E-state index in [2.05, 4.69) is 4.89 Å². The van der Waals surface area contributed by atoms with Crippen molar-refractivity contribution in [1.29, 1.82) is 0 Å². The summed E-state index contributed by atoms with van der Waals surface area (Å²) in [6.45, 7) is -0.0141. The average Bonchev–Trinajstić information content (AvgIpc) is 2.87. The fraction of sp³-hybridized carbons (Fsp3) is 0.0667. The highest BCUT2D eigenvalue weighted by molar-refractivity contribution is 5.87. The summed E-state index contributed by atoms with van der Waals surface area (Å²) >= 11 is 0. The van der Waals surface area contributed by atoms with Crippen molar-refractivity contribution in [2.75, 3.05) is 0 Å². The first kappa shape index (κ1) is 13.3. The zero-order chi connectivity index (χ0) is 14.8. The predicted octanol–water partition coefficient (Wildman–Crippen LogP) is 3.66. The van der Waals surface area contributed by atoms with Crippen molar-refractivity contribution in [3.05, 3.63) is 64.7 Å². The van der Waals surface area contributed by atoms with Gasteiger partial charge in [0, 0.05) is 17.5 Å². The van der Waals surface area contributed by atoms with E-state index in [9.17, 15) is 10.1 Å². The normalized spacial score (nSPS) is 10.9. The number of para-hydroxylation sites is 1. The second-order valence-electron chi connectivity index (χ2n) is 4.58. The van der Waals surface area contributed by atoms with Crippen molar-refractivity contribution >= 4 is 16.6 Å². The van der Waals surface area contributed by atoms with Gasteiger partial charge in [-0.15, -0.1) is 0 Å². The predicted molar refractivity (Wildman–Crippen MR) is 77.7 cm³/mol. The molecule has 1 N–H and O–H groups in total. The minimum atomic E-state index is -0.434. The van der Waals surface area contributed by atoms with Gasteiger partial charge in [-0.2, -0.15) is 0 Å². The number of nitrogens with zero attached hydrogens (tertiary/aromatic N) is 2. The first-order chi connectivity index (χ1) is 10.2. The van der Waals surface area contributed by atoms with Crippen molar-refractivity contribution in [1.82, 2.24) is 4.57 Å². The van der Waals surface area contributed by atoms with Gasteiger partial charge in [-0.05, 0) is 29.8 Å². The summed E-state index contributed by atoms with van der Waals surface area (Å²) < 4.78 is 1.80. The van der Waals surface area contributed by atoms with Crippen LogP contribution in [-0.2, 0) is 11.6 Å². The van der Waals surface area contributed by atoms with E-state index in [0.29, 0.717) is 0 Å². The van der Waals surface area contributed by atoms with Gasteiger partial charge in [0.1, 0.15) is 0 Å². The molecule has 106 valence electrons. The van der Waals surface area contributed by atoms with Gasteiger partial charge >= 0.3 is 0 Å². The van der Waals surface area contributed by atoms with E-state index in [0.717, 1.165) is 22.2 Å². The maximum Gasteiger partial charge on any atom is 0.269 e. The minimum absolute atomic E-state index is 0.0141. The lowest BCUT2D eigenvalue weighted by molar-refractivity contribution is -0.384. The van der Waals surface area contributed by atoms with Crippen LogP contribution in [-0.4, -0.2) is 14.7 Å². The number of nitro benzene ring substituents is 1. The molecular formula is C15H12N2O4. The van der Waals surface area contributed by atoms with Crippen LogP contribution in [0.2, 0.25) is 0 Å². The fourth-order valence-electron chi connectivity index (χ4n) is 2.40. The molecule has 6 nitrogen and oxygen atoms in total. The topological polar surface area (TPSA) is 77.5 Å². The van der Waals surface area contributed by atoms with Crippen LogP contribution in [0.3, 0.4) is 0 Å². The maximum atomic E-state index is 10.7. The third kappa shape index (κ3) is 2.37. The van der Waals surface area contributed by atoms with Crippen LogP contribution < -0.4 is 0 Å². The summed E-state index contributed by atoms with van der Waals surface area (Å²) in [4.78, 5) is 14.5. The van der Waals surface area contributed by atoms with Crippen molar-refractivity contribution in [2.45, 2.75) is 6.73 Å². The third-order valence-electron chi connectivity index (χ3n) is 3.37. The van der Waals surface area contributed by atoms with E-state index in [1.54, 1.807) is 16.7 Å². The number of fused-ring (bicyclic) bond motifs is 1. The van der Waals surface area contributed by atoms with Crippen molar-refractivity contribution in [3.8, 4) is 11.3 Å². The molecule has 0 aliphatic heterocycles. The summed E-state index contributed by atoms with van der Waals surface area (Å²) in [6, 6.07) is 15.9. The zero-order valence-electron chi connectivity index (χ0n) is 11.0. The molecule has 3 rings (SSSR count).